The van der Waals surface area contributed by atoms with Crippen molar-refractivity contribution in [3.05, 3.63) is 70.3 Å². The van der Waals surface area contributed by atoms with Crippen LogP contribution in [0.25, 0.3) is 5.57 Å². The van der Waals surface area contributed by atoms with E-state index in [1.54, 1.807) is 54.6 Å². The molecule has 26 heavy (non-hydrogen) atoms. The minimum absolute atomic E-state index is 0.233. The normalized spacial score (nSPS) is 19.0. The van der Waals surface area contributed by atoms with E-state index in [1.807, 2.05) is 0 Å². The number of carbonyl (C=O) groups excluding carboxylic acids is 1. The Morgan fingerprint density at radius 1 is 1.15 bits per heavy atom. The molecule has 8 heteroatoms. The van der Waals surface area contributed by atoms with Crippen molar-refractivity contribution >= 4 is 33.4 Å². The number of hydroxylamine groups is 1. The first-order valence-corrected chi connectivity index (χ1v) is 8.37. The van der Waals surface area contributed by atoms with Crippen molar-refractivity contribution in [1.82, 2.24) is 10.8 Å². The summed E-state index contributed by atoms with van der Waals surface area (Å²) in [6, 6.07) is 15.0. The van der Waals surface area contributed by atoms with Crippen LogP contribution < -0.4 is 15.5 Å². The van der Waals surface area contributed by atoms with E-state index in [0.29, 0.717) is 21.5 Å². The number of methoxy groups -OCH3 is 1. The maximum Gasteiger partial charge on any atom is 0.364 e. The monoisotopic (exact) mass is 418 g/mol. The van der Waals surface area contributed by atoms with Crippen LogP contribution >= 0.6 is 15.9 Å². The maximum absolute atomic E-state index is 12.6. The van der Waals surface area contributed by atoms with Crippen LogP contribution in [-0.2, 0) is 9.63 Å². The van der Waals surface area contributed by atoms with Crippen LogP contribution in [0.1, 0.15) is 15.9 Å². The lowest BCUT2D eigenvalue weighted by molar-refractivity contribution is -0.163. The van der Waals surface area contributed by atoms with E-state index in [-0.39, 0.29) is 5.57 Å². The maximum atomic E-state index is 12.6. The third-order valence-electron chi connectivity index (χ3n) is 3.87. The molecule has 0 bridgehead atoms. The van der Waals surface area contributed by atoms with Crippen LogP contribution in [-0.4, -0.2) is 29.8 Å². The van der Waals surface area contributed by atoms with Gasteiger partial charge in [0.25, 0.3) is 11.6 Å². The van der Waals surface area contributed by atoms with E-state index in [0.717, 1.165) is 0 Å². The Morgan fingerprint density at radius 2 is 1.81 bits per heavy atom. The number of rotatable bonds is 5. The number of amides is 1. The average molecular weight is 419 g/mol. The molecule has 1 aliphatic rings. The quantitative estimate of drug-likeness (QED) is 0.645. The third-order valence-corrected chi connectivity index (χ3v) is 4.43. The molecule has 0 saturated carbocycles. The Balaban J connectivity index is 2.01. The fourth-order valence-electron chi connectivity index (χ4n) is 2.58. The van der Waals surface area contributed by atoms with Gasteiger partial charge in [0, 0.05) is 5.56 Å². The molecule has 3 rings (SSSR count). The van der Waals surface area contributed by atoms with Crippen LogP contribution in [0.5, 0.6) is 5.75 Å². The number of nitrogens with one attached hydrogen (secondary N) is 2. The minimum Gasteiger partial charge on any atom is -0.497 e. The molecule has 2 aromatic rings. The summed E-state index contributed by atoms with van der Waals surface area (Å²) in [7, 11) is 1.53. The molecule has 2 aromatic carbocycles. The number of carboxylic acid groups (broad SMARTS) is 1. The Labute approximate surface area is 157 Å². The molecule has 0 aliphatic carbocycles. The van der Waals surface area contributed by atoms with E-state index in [2.05, 4.69) is 26.7 Å². The van der Waals surface area contributed by atoms with E-state index in [9.17, 15) is 14.7 Å². The molecule has 1 aliphatic heterocycles. The van der Waals surface area contributed by atoms with Gasteiger partial charge in [-0.2, -0.15) is 0 Å². The van der Waals surface area contributed by atoms with Gasteiger partial charge in [-0.05, 0) is 45.8 Å². The highest BCUT2D eigenvalue weighted by atomic mass is 79.9. The van der Waals surface area contributed by atoms with Gasteiger partial charge in [-0.3, -0.25) is 10.3 Å². The molecule has 1 amide bonds. The highest BCUT2D eigenvalue weighted by Crippen LogP contribution is 2.38. The molecule has 1 heterocycles. The Morgan fingerprint density at radius 3 is 2.38 bits per heavy atom. The second-order valence-electron chi connectivity index (χ2n) is 5.43. The van der Waals surface area contributed by atoms with Crippen LogP contribution in [0, 0.1) is 0 Å². The van der Waals surface area contributed by atoms with Crippen molar-refractivity contribution in [2.75, 3.05) is 7.11 Å². The summed E-state index contributed by atoms with van der Waals surface area (Å²) < 4.78 is 5.42. The molecule has 7 nitrogen and oxygen atoms in total. The lowest BCUT2D eigenvalue weighted by Gasteiger charge is -2.26. The van der Waals surface area contributed by atoms with E-state index in [1.165, 1.54) is 7.11 Å². The zero-order valence-electron chi connectivity index (χ0n) is 13.7. The van der Waals surface area contributed by atoms with Crippen molar-refractivity contribution in [3.63, 3.8) is 0 Å². The van der Waals surface area contributed by atoms with Crippen LogP contribution in [0.4, 0.5) is 0 Å². The molecule has 134 valence electrons. The van der Waals surface area contributed by atoms with E-state index >= 15 is 0 Å². The Hall–Kier alpha value is -2.84. The summed E-state index contributed by atoms with van der Waals surface area (Å²) in [6.45, 7) is 0. The molecular weight excluding hydrogens is 404 g/mol. The SMILES string of the molecule is COc1ccc(C2=C(Br)NOC2(NC(=O)c2ccccc2)C(=O)O)cc1. The minimum atomic E-state index is -2.10. The number of carbonyl (C=O) groups is 2. The lowest BCUT2D eigenvalue weighted by Crippen LogP contribution is -2.56. The van der Waals surface area contributed by atoms with Crippen molar-refractivity contribution in [1.29, 1.82) is 0 Å². The zero-order chi connectivity index (χ0) is 18.7. The van der Waals surface area contributed by atoms with Gasteiger partial charge >= 0.3 is 5.97 Å². The van der Waals surface area contributed by atoms with E-state index < -0.39 is 17.6 Å². The van der Waals surface area contributed by atoms with Gasteiger partial charge in [0.15, 0.2) is 0 Å². The van der Waals surface area contributed by atoms with Gasteiger partial charge < -0.3 is 15.2 Å². The Bertz CT molecular complexity index is 867. The first-order valence-electron chi connectivity index (χ1n) is 7.57. The molecule has 0 fully saturated rings. The lowest BCUT2D eigenvalue weighted by atomic mass is 9.95. The number of halogens is 1. The molecule has 0 saturated heterocycles. The van der Waals surface area contributed by atoms with Crippen molar-refractivity contribution in [3.8, 4) is 5.75 Å². The number of benzene rings is 2. The van der Waals surface area contributed by atoms with Crippen molar-refractivity contribution < 1.29 is 24.3 Å². The molecule has 1 unspecified atom stereocenters. The number of aliphatic carboxylic acids is 1. The van der Waals surface area contributed by atoms with Crippen LogP contribution in [0.2, 0.25) is 0 Å². The molecule has 0 radical (unpaired) electrons. The largest absolute Gasteiger partial charge is 0.497 e. The summed E-state index contributed by atoms with van der Waals surface area (Å²) in [5.41, 5.74) is 1.49. The summed E-state index contributed by atoms with van der Waals surface area (Å²) in [5, 5.41) is 12.3. The van der Waals surface area contributed by atoms with Gasteiger partial charge in [-0.1, -0.05) is 30.3 Å². The Kier molecular flexibility index (Phi) is 4.97. The summed E-state index contributed by atoms with van der Waals surface area (Å²) in [5.74, 6) is -1.33. The second kappa shape index (κ2) is 7.19. The zero-order valence-corrected chi connectivity index (χ0v) is 15.2. The number of ether oxygens (including phenoxy) is 1. The number of carboxylic acids is 1. The van der Waals surface area contributed by atoms with Gasteiger partial charge in [-0.15, -0.1) is 0 Å². The predicted octanol–water partition coefficient (Wildman–Crippen LogP) is 2.50. The fourth-order valence-corrected chi connectivity index (χ4v) is 3.17. The second-order valence-corrected chi connectivity index (χ2v) is 6.22. The first-order chi connectivity index (χ1) is 12.5. The standard InChI is InChI=1S/C18H15BrN2O5/c1-25-13-9-7-11(8-10-13)14-15(19)21-26-18(14,17(23)24)20-16(22)12-5-3-2-4-6-12/h2-10,21H,1H3,(H,20,22)(H,23,24). The highest BCUT2D eigenvalue weighted by molar-refractivity contribution is 9.11. The summed E-state index contributed by atoms with van der Waals surface area (Å²) >= 11 is 3.26. The number of hydrogen-bond donors (Lipinski definition) is 3. The smallest absolute Gasteiger partial charge is 0.364 e. The van der Waals surface area contributed by atoms with Gasteiger partial charge in [0.2, 0.25) is 0 Å². The molecule has 1 atom stereocenters. The molecular formula is C18H15BrN2O5. The first kappa shape index (κ1) is 18.0. The third kappa shape index (κ3) is 3.16. The van der Waals surface area contributed by atoms with Gasteiger partial charge in [-0.25, -0.2) is 9.63 Å². The topological polar surface area (TPSA) is 96.9 Å². The molecule has 0 spiro atoms. The van der Waals surface area contributed by atoms with Gasteiger partial charge in [0.1, 0.15) is 10.4 Å². The van der Waals surface area contributed by atoms with Crippen molar-refractivity contribution in [2.45, 2.75) is 5.72 Å². The summed E-state index contributed by atoms with van der Waals surface area (Å²) in [4.78, 5) is 29.9. The number of hydrogen-bond acceptors (Lipinski definition) is 5. The van der Waals surface area contributed by atoms with Gasteiger partial charge in [0.05, 0.1) is 12.7 Å². The van der Waals surface area contributed by atoms with Crippen LogP contribution in [0.15, 0.2) is 59.2 Å². The molecule has 3 N–H and O–H groups in total. The highest BCUT2D eigenvalue weighted by Gasteiger charge is 2.52. The fraction of sp³-hybridized carbons (Fsp3) is 0.111. The van der Waals surface area contributed by atoms with E-state index in [4.69, 9.17) is 9.57 Å². The summed E-state index contributed by atoms with van der Waals surface area (Å²) in [6.07, 6.45) is 0. The van der Waals surface area contributed by atoms with Crippen LogP contribution in [0.3, 0.4) is 0 Å². The predicted molar refractivity (Wildman–Crippen MR) is 97.3 cm³/mol. The average Bonchev–Trinajstić information content (AvgIpc) is 3.00. The van der Waals surface area contributed by atoms with Crippen molar-refractivity contribution in [2.24, 2.45) is 0 Å². The molecule has 0 aromatic heterocycles.